The summed E-state index contributed by atoms with van der Waals surface area (Å²) in [6.07, 6.45) is 0.463. The summed E-state index contributed by atoms with van der Waals surface area (Å²) in [5.41, 5.74) is 1.62. The van der Waals surface area contributed by atoms with E-state index in [0.717, 1.165) is 4.90 Å². The molecule has 0 unspecified atom stereocenters. The first-order chi connectivity index (χ1) is 16.6. The van der Waals surface area contributed by atoms with Crippen LogP contribution in [-0.2, 0) is 4.79 Å². The molecule has 3 atom stereocenters. The van der Waals surface area contributed by atoms with Gasteiger partial charge in [-0.25, -0.2) is 14.5 Å². The quantitative estimate of drug-likeness (QED) is 0.393. The zero-order valence-electron chi connectivity index (χ0n) is 18.7. The average molecular weight is 495 g/mol. The number of piperazine rings is 1. The summed E-state index contributed by atoms with van der Waals surface area (Å²) in [5, 5.41) is 23.3. The van der Waals surface area contributed by atoms with E-state index in [0.29, 0.717) is 23.2 Å². The van der Waals surface area contributed by atoms with Crippen LogP contribution in [0.5, 0.6) is 0 Å². The Balaban J connectivity index is 1.39. The van der Waals surface area contributed by atoms with Gasteiger partial charge in [0.25, 0.3) is 11.6 Å². The minimum Gasteiger partial charge on any atom is -0.317 e. The van der Waals surface area contributed by atoms with E-state index in [4.69, 9.17) is 11.6 Å². The lowest BCUT2D eigenvalue weighted by molar-refractivity contribution is -0.385. The zero-order chi connectivity index (χ0) is 25.2. The molecule has 0 aliphatic carbocycles. The Kier molecular flexibility index (Phi) is 5.14. The maximum Gasteiger partial charge on any atom is 0.332 e. The third-order valence-electron chi connectivity index (χ3n) is 6.90. The van der Waals surface area contributed by atoms with Crippen molar-refractivity contribution in [2.45, 2.75) is 38.4 Å². The van der Waals surface area contributed by atoms with E-state index in [1.165, 1.54) is 28.0 Å². The summed E-state index contributed by atoms with van der Waals surface area (Å²) in [4.78, 5) is 54.5. The molecule has 35 heavy (non-hydrogen) atoms. The Bertz CT molecular complexity index is 1370. The van der Waals surface area contributed by atoms with Crippen LogP contribution in [0.15, 0.2) is 30.3 Å². The van der Waals surface area contributed by atoms with Crippen LogP contribution >= 0.6 is 11.6 Å². The standard InChI is InChI=1S/C23H19ClN6O5/c1-11-3-5-14(7-17(11)30(34)35)26-22(32)27-10-15-8-18(27)20-21(31)29(23(33)28(15)20)16-6-4-13(9-25)19(24)12(16)2/h3-7,15,18,20H,8,10H2,1-2H3,(H,26,32)/t15-,18-,20-/m0/s1. The van der Waals surface area contributed by atoms with Crippen LogP contribution in [0.3, 0.4) is 0 Å². The largest absolute Gasteiger partial charge is 0.332 e. The molecule has 5 rings (SSSR count). The number of hydrogen-bond donors (Lipinski definition) is 1. The van der Waals surface area contributed by atoms with E-state index in [2.05, 4.69) is 5.32 Å². The number of aryl methyl sites for hydroxylation is 1. The number of rotatable bonds is 3. The fraction of sp³-hybridized carbons (Fsp3) is 0.304. The van der Waals surface area contributed by atoms with Crippen molar-refractivity contribution in [1.82, 2.24) is 9.80 Å². The number of likely N-dealkylation sites (tertiary alicyclic amines) is 1. The molecule has 1 N–H and O–H groups in total. The highest BCUT2D eigenvalue weighted by Crippen LogP contribution is 2.43. The first kappa shape index (κ1) is 22.6. The molecule has 5 amide bonds. The summed E-state index contributed by atoms with van der Waals surface area (Å²) in [5.74, 6) is -0.463. The van der Waals surface area contributed by atoms with Crippen molar-refractivity contribution in [2.75, 3.05) is 16.8 Å². The summed E-state index contributed by atoms with van der Waals surface area (Å²) < 4.78 is 0. The topological polar surface area (TPSA) is 140 Å². The Morgan fingerprint density at radius 3 is 2.69 bits per heavy atom. The molecule has 0 saturated carbocycles. The van der Waals surface area contributed by atoms with Gasteiger partial charge in [0.15, 0.2) is 0 Å². The Morgan fingerprint density at radius 2 is 2.00 bits per heavy atom. The number of amides is 5. The molecule has 3 aliphatic rings. The number of benzene rings is 2. The van der Waals surface area contributed by atoms with Gasteiger partial charge in [-0.15, -0.1) is 0 Å². The Hall–Kier alpha value is -4.17. The molecule has 178 valence electrons. The predicted molar refractivity (Wildman–Crippen MR) is 125 cm³/mol. The van der Waals surface area contributed by atoms with E-state index in [1.807, 2.05) is 6.07 Å². The van der Waals surface area contributed by atoms with Crippen molar-refractivity contribution >= 4 is 46.6 Å². The summed E-state index contributed by atoms with van der Waals surface area (Å²) in [6.45, 7) is 3.48. The lowest BCUT2D eigenvalue weighted by Gasteiger charge is -2.34. The minimum absolute atomic E-state index is 0.111. The molecule has 2 aromatic carbocycles. The number of anilines is 2. The number of nitrogens with one attached hydrogen (secondary N) is 1. The number of hydrogen-bond acceptors (Lipinski definition) is 6. The van der Waals surface area contributed by atoms with Gasteiger partial charge in [0.1, 0.15) is 12.1 Å². The second kappa shape index (κ2) is 7.95. The number of nitro groups is 1. The summed E-state index contributed by atoms with van der Waals surface area (Å²) >= 11 is 6.26. The highest BCUT2D eigenvalue weighted by atomic mass is 35.5. The number of urea groups is 2. The molecule has 3 saturated heterocycles. The van der Waals surface area contributed by atoms with Crippen LogP contribution in [0.25, 0.3) is 0 Å². The van der Waals surface area contributed by atoms with Gasteiger partial charge in [-0.05, 0) is 44.0 Å². The number of carbonyl (C=O) groups is 3. The Morgan fingerprint density at radius 1 is 1.26 bits per heavy atom. The molecule has 0 aromatic heterocycles. The van der Waals surface area contributed by atoms with Crippen molar-refractivity contribution in [3.05, 3.63) is 62.2 Å². The van der Waals surface area contributed by atoms with E-state index in [1.54, 1.807) is 26.0 Å². The van der Waals surface area contributed by atoms with E-state index >= 15 is 0 Å². The molecular formula is C23H19ClN6O5. The summed E-state index contributed by atoms with van der Waals surface area (Å²) in [6, 6.07) is 6.69. The highest BCUT2D eigenvalue weighted by molar-refractivity contribution is 6.33. The number of nitro benzene ring substituents is 1. The van der Waals surface area contributed by atoms with Crippen LogP contribution in [0.4, 0.5) is 26.7 Å². The van der Waals surface area contributed by atoms with Gasteiger partial charge in [0.2, 0.25) is 0 Å². The third kappa shape index (κ3) is 3.29. The molecule has 12 heteroatoms. The predicted octanol–water partition coefficient (Wildman–Crippen LogP) is 3.56. The maximum atomic E-state index is 13.4. The number of nitrogens with zero attached hydrogens (tertiary/aromatic N) is 5. The van der Waals surface area contributed by atoms with Gasteiger partial charge in [0, 0.05) is 23.9 Å². The zero-order valence-corrected chi connectivity index (χ0v) is 19.4. The SMILES string of the molecule is Cc1ccc(NC(=O)N2C[C@@H]3C[C@H]2[C@H]2C(=O)N(c4ccc(C#N)c(Cl)c4C)C(=O)N32)cc1[N+](=O)[O-]. The number of carbonyl (C=O) groups excluding carboxylic acids is 3. The third-order valence-corrected chi connectivity index (χ3v) is 7.39. The molecular weight excluding hydrogens is 476 g/mol. The van der Waals surface area contributed by atoms with Gasteiger partial charge in [-0.3, -0.25) is 14.9 Å². The minimum atomic E-state index is -0.840. The molecule has 0 radical (unpaired) electrons. The molecule has 2 bridgehead atoms. The first-order valence-corrected chi connectivity index (χ1v) is 11.2. The van der Waals surface area contributed by atoms with Crippen LogP contribution in [-0.4, -0.2) is 57.4 Å². The van der Waals surface area contributed by atoms with Crippen molar-refractivity contribution in [3.8, 4) is 6.07 Å². The van der Waals surface area contributed by atoms with Crippen molar-refractivity contribution < 1.29 is 19.3 Å². The average Bonchev–Trinajstić information content (AvgIpc) is 3.48. The molecule has 3 aliphatic heterocycles. The number of imide groups is 1. The second-order valence-electron chi connectivity index (χ2n) is 8.79. The maximum absolute atomic E-state index is 13.4. The van der Waals surface area contributed by atoms with E-state index in [9.17, 15) is 29.8 Å². The van der Waals surface area contributed by atoms with Gasteiger partial charge in [-0.2, -0.15) is 5.26 Å². The molecule has 3 fully saturated rings. The molecule has 3 heterocycles. The van der Waals surface area contributed by atoms with Crippen LogP contribution < -0.4 is 10.2 Å². The van der Waals surface area contributed by atoms with Crippen LogP contribution in [0.2, 0.25) is 5.02 Å². The smallest absolute Gasteiger partial charge is 0.317 e. The lowest BCUT2D eigenvalue weighted by Crippen LogP contribution is -2.55. The Labute approximate surface area is 204 Å². The van der Waals surface area contributed by atoms with Crippen molar-refractivity contribution in [1.29, 1.82) is 5.26 Å². The van der Waals surface area contributed by atoms with E-state index in [-0.39, 0.29) is 34.5 Å². The van der Waals surface area contributed by atoms with Crippen LogP contribution in [0.1, 0.15) is 23.1 Å². The monoisotopic (exact) mass is 494 g/mol. The van der Waals surface area contributed by atoms with Crippen molar-refractivity contribution in [3.63, 3.8) is 0 Å². The van der Waals surface area contributed by atoms with Gasteiger partial charge < -0.3 is 15.1 Å². The molecule has 11 nitrogen and oxygen atoms in total. The van der Waals surface area contributed by atoms with Crippen molar-refractivity contribution in [2.24, 2.45) is 0 Å². The van der Waals surface area contributed by atoms with Gasteiger partial charge >= 0.3 is 12.1 Å². The highest BCUT2D eigenvalue weighted by Gasteiger charge is 2.63. The lowest BCUT2D eigenvalue weighted by atomic mass is 10.1. The molecule has 2 aromatic rings. The number of fused-ring (bicyclic) bond motifs is 5. The van der Waals surface area contributed by atoms with Gasteiger partial charge in [0.05, 0.1) is 33.3 Å². The first-order valence-electron chi connectivity index (χ1n) is 10.8. The van der Waals surface area contributed by atoms with Crippen LogP contribution in [0, 0.1) is 35.3 Å². The molecule has 0 spiro atoms. The second-order valence-corrected chi connectivity index (χ2v) is 9.17. The van der Waals surface area contributed by atoms with Gasteiger partial charge in [-0.1, -0.05) is 17.7 Å². The fourth-order valence-electron chi connectivity index (χ4n) is 5.19. The number of nitriles is 1. The summed E-state index contributed by atoms with van der Waals surface area (Å²) in [7, 11) is 0. The normalized spacial score (nSPS) is 22.5. The number of halogens is 1. The van der Waals surface area contributed by atoms with E-state index < -0.39 is 35.0 Å². The fourth-order valence-corrected chi connectivity index (χ4v) is 5.40.